The topological polar surface area (TPSA) is 45.7 Å². The van der Waals surface area contributed by atoms with Crippen LogP contribution in [-0.4, -0.2) is 32.7 Å². The van der Waals surface area contributed by atoms with Gasteiger partial charge in [0, 0.05) is 13.6 Å². The summed E-state index contributed by atoms with van der Waals surface area (Å²) in [5, 5.41) is 6.49. The first-order chi connectivity index (χ1) is 9.26. The summed E-state index contributed by atoms with van der Waals surface area (Å²) < 4.78 is 5.66. The number of halogens is 1. The molecule has 0 aliphatic rings. The highest BCUT2D eigenvalue weighted by molar-refractivity contribution is 14.0. The van der Waals surface area contributed by atoms with Gasteiger partial charge in [-0.2, -0.15) is 0 Å². The van der Waals surface area contributed by atoms with E-state index < -0.39 is 0 Å². The molecule has 20 heavy (non-hydrogen) atoms. The summed E-state index contributed by atoms with van der Waals surface area (Å²) in [6.07, 6.45) is 2.33. The average molecular weight is 391 g/mol. The quantitative estimate of drug-likeness (QED) is 0.325. The molecule has 0 saturated heterocycles. The second kappa shape index (κ2) is 11.8. The van der Waals surface area contributed by atoms with E-state index in [9.17, 15) is 0 Å². The van der Waals surface area contributed by atoms with Gasteiger partial charge in [0.1, 0.15) is 12.4 Å². The maximum Gasteiger partial charge on any atom is 0.191 e. The van der Waals surface area contributed by atoms with Crippen molar-refractivity contribution in [3.05, 3.63) is 29.8 Å². The van der Waals surface area contributed by atoms with Crippen LogP contribution in [0.15, 0.2) is 29.3 Å². The third kappa shape index (κ3) is 8.24. The predicted molar refractivity (Wildman–Crippen MR) is 96.4 cm³/mol. The van der Waals surface area contributed by atoms with Gasteiger partial charge in [-0.15, -0.1) is 24.0 Å². The Labute approximate surface area is 139 Å². The Hall–Kier alpha value is -0.980. The van der Waals surface area contributed by atoms with Crippen molar-refractivity contribution in [2.75, 3.05) is 26.7 Å². The van der Waals surface area contributed by atoms with Gasteiger partial charge in [0.2, 0.25) is 0 Å². The van der Waals surface area contributed by atoms with Crippen molar-refractivity contribution in [2.45, 2.75) is 26.7 Å². The summed E-state index contributed by atoms with van der Waals surface area (Å²) in [5.74, 6) is 1.75. The van der Waals surface area contributed by atoms with Crippen LogP contribution in [0.2, 0.25) is 0 Å². The Morgan fingerprint density at radius 3 is 2.65 bits per heavy atom. The van der Waals surface area contributed by atoms with Crippen molar-refractivity contribution in [1.82, 2.24) is 10.6 Å². The molecule has 0 saturated carbocycles. The summed E-state index contributed by atoms with van der Waals surface area (Å²) >= 11 is 0. The van der Waals surface area contributed by atoms with Crippen LogP contribution in [0.4, 0.5) is 0 Å². The van der Waals surface area contributed by atoms with Crippen molar-refractivity contribution >= 4 is 29.9 Å². The number of rotatable bonds is 7. The van der Waals surface area contributed by atoms with Crippen molar-refractivity contribution in [1.29, 1.82) is 0 Å². The number of nitrogens with one attached hydrogen (secondary N) is 2. The van der Waals surface area contributed by atoms with E-state index >= 15 is 0 Å². The average Bonchev–Trinajstić information content (AvgIpc) is 2.41. The maximum atomic E-state index is 5.66. The molecule has 2 N–H and O–H groups in total. The molecule has 5 heteroatoms. The molecule has 1 rings (SSSR count). The lowest BCUT2D eigenvalue weighted by molar-refractivity contribution is 0.321. The second-order valence-electron chi connectivity index (χ2n) is 4.44. The van der Waals surface area contributed by atoms with Crippen LogP contribution in [0, 0.1) is 6.92 Å². The van der Waals surface area contributed by atoms with Gasteiger partial charge in [-0.05, 0) is 31.0 Å². The van der Waals surface area contributed by atoms with E-state index in [2.05, 4.69) is 35.5 Å². The van der Waals surface area contributed by atoms with E-state index in [1.54, 1.807) is 7.05 Å². The molecule has 0 aliphatic carbocycles. The molecule has 0 radical (unpaired) electrons. The van der Waals surface area contributed by atoms with Gasteiger partial charge in [0.05, 0.1) is 6.54 Å². The maximum absolute atomic E-state index is 5.66. The number of nitrogens with zero attached hydrogens (tertiary/aromatic N) is 1. The zero-order chi connectivity index (χ0) is 13.9. The first-order valence-corrected chi connectivity index (χ1v) is 6.90. The van der Waals surface area contributed by atoms with Crippen molar-refractivity contribution in [3.8, 4) is 5.75 Å². The van der Waals surface area contributed by atoms with Crippen molar-refractivity contribution in [2.24, 2.45) is 4.99 Å². The Kier molecular flexibility index (Phi) is 11.2. The Balaban J connectivity index is 0.00000361. The molecule has 4 nitrogen and oxygen atoms in total. The number of hydrogen-bond acceptors (Lipinski definition) is 2. The van der Waals surface area contributed by atoms with E-state index in [1.165, 1.54) is 12.0 Å². The summed E-state index contributed by atoms with van der Waals surface area (Å²) in [6, 6.07) is 8.07. The Morgan fingerprint density at radius 1 is 1.25 bits per heavy atom. The molecule has 0 spiro atoms. The lowest BCUT2D eigenvalue weighted by atomic mass is 10.2. The Morgan fingerprint density at radius 2 is 2.00 bits per heavy atom. The Bertz CT molecular complexity index is 396. The second-order valence-corrected chi connectivity index (χ2v) is 4.44. The largest absolute Gasteiger partial charge is 0.492 e. The monoisotopic (exact) mass is 391 g/mol. The molecule has 114 valence electrons. The van der Waals surface area contributed by atoms with Gasteiger partial charge in [0.15, 0.2) is 5.96 Å². The highest BCUT2D eigenvalue weighted by atomic mass is 127. The molecular formula is C15H26IN3O. The molecule has 0 atom stereocenters. The highest BCUT2D eigenvalue weighted by Crippen LogP contribution is 2.11. The highest BCUT2D eigenvalue weighted by Gasteiger charge is 1.97. The van der Waals surface area contributed by atoms with E-state index in [1.807, 2.05) is 18.2 Å². The minimum Gasteiger partial charge on any atom is -0.492 e. The van der Waals surface area contributed by atoms with Crippen molar-refractivity contribution in [3.63, 3.8) is 0 Å². The number of hydrogen-bond donors (Lipinski definition) is 2. The number of aryl methyl sites for hydroxylation is 1. The summed E-state index contributed by atoms with van der Waals surface area (Å²) in [5.41, 5.74) is 1.21. The van der Waals surface area contributed by atoms with E-state index in [-0.39, 0.29) is 24.0 Å². The SMILES string of the molecule is CCCCNC(=NC)NCCOc1cccc(C)c1.I. The third-order valence-electron chi connectivity index (χ3n) is 2.70. The fourth-order valence-electron chi connectivity index (χ4n) is 1.65. The van der Waals surface area contributed by atoms with E-state index in [0.29, 0.717) is 6.61 Å². The smallest absolute Gasteiger partial charge is 0.191 e. The zero-order valence-corrected chi connectivity index (χ0v) is 14.9. The van der Waals surface area contributed by atoms with Gasteiger partial charge in [0.25, 0.3) is 0 Å². The van der Waals surface area contributed by atoms with Crippen LogP contribution in [0.25, 0.3) is 0 Å². The molecular weight excluding hydrogens is 365 g/mol. The first kappa shape index (κ1) is 19.0. The van der Waals surface area contributed by atoms with Crippen molar-refractivity contribution < 1.29 is 4.74 Å². The standard InChI is InChI=1S/C15H25N3O.HI/c1-4-5-9-17-15(16-3)18-10-11-19-14-8-6-7-13(2)12-14;/h6-8,12H,4-5,9-11H2,1-3H3,(H2,16,17,18);1H. The number of aliphatic imine (C=N–C) groups is 1. The molecule has 0 fully saturated rings. The molecule has 0 aliphatic heterocycles. The van der Waals surface area contributed by atoms with E-state index in [0.717, 1.165) is 31.2 Å². The summed E-state index contributed by atoms with van der Waals surface area (Å²) in [6.45, 7) is 6.55. The van der Waals surface area contributed by atoms with Gasteiger partial charge in [-0.3, -0.25) is 4.99 Å². The molecule has 1 aromatic carbocycles. The van der Waals surface area contributed by atoms with E-state index in [4.69, 9.17) is 4.74 Å². The normalized spacial score (nSPS) is 10.7. The minimum atomic E-state index is 0. The van der Waals surface area contributed by atoms with Crippen LogP contribution in [0.5, 0.6) is 5.75 Å². The van der Waals surface area contributed by atoms with Gasteiger partial charge >= 0.3 is 0 Å². The number of unbranched alkanes of at least 4 members (excludes halogenated alkanes) is 1. The molecule has 0 amide bonds. The van der Waals surface area contributed by atoms with Crippen LogP contribution < -0.4 is 15.4 Å². The van der Waals surface area contributed by atoms with Gasteiger partial charge < -0.3 is 15.4 Å². The molecule has 0 bridgehead atoms. The van der Waals surface area contributed by atoms with Crippen LogP contribution in [0.3, 0.4) is 0 Å². The molecule has 1 aromatic rings. The zero-order valence-electron chi connectivity index (χ0n) is 12.6. The van der Waals surface area contributed by atoms with Crippen LogP contribution in [-0.2, 0) is 0 Å². The number of guanidine groups is 1. The fourth-order valence-corrected chi connectivity index (χ4v) is 1.65. The van der Waals surface area contributed by atoms with Gasteiger partial charge in [-0.25, -0.2) is 0 Å². The van der Waals surface area contributed by atoms with Gasteiger partial charge in [-0.1, -0.05) is 25.5 Å². The fraction of sp³-hybridized carbons (Fsp3) is 0.533. The van der Waals surface area contributed by atoms with Crippen LogP contribution >= 0.6 is 24.0 Å². The predicted octanol–water partition coefficient (Wildman–Crippen LogP) is 2.96. The number of ether oxygens (including phenoxy) is 1. The first-order valence-electron chi connectivity index (χ1n) is 6.90. The third-order valence-corrected chi connectivity index (χ3v) is 2.70. The summed E-state index contributed by atoms with van der Waals surface area (Å²) in [7, 11) is 1.78. The lowest BCUT2D eigenvalue weighted by Gasteiger charge is -2.12. The number of benzene rings is 1. The lowest BCUT2D eigenvalue weighted by Crippen LogP contribution is -2.39. The molecule has 0 heterocycles. The summed E-state index contributed by atoms with van der Waals surface area (Å²) in [4.78, 5) is 4.16. The van der Waals surface area contributed by atoms with Crippen LogP contribution in [0.1, 0.15) is 25.3 Å². The minimum absolute atomic E-state index is 0. The molecule has 0 aromatic heterocycles. The molecule has 0 unspecified atom stereocenters.